The second kappa shape index (κ2) is 7.35. The molecule has 0 unspecified atom stereocenters. The average molecular weight is 431 g/mol. The zero-order chi connectivity index (χ0) is 20.0. The highest BCUT2D eigenvalue weighted by atomic mass is 35.5. The van der Waals surface area contributed by atoms with Crippen molar-refractivity contribution in [3.8, 4) is 0 Å². The minimum Gasteiger partial charge on any atom is -0.411 e. The van der Waals surface area contributed by atoms with Crippen molar-refractivity contribution in [2.45, 2.75) is 58.5 Å². The molecule has 5 nitrogen and oxygen atoms in total. The van der Waals surface area contributed by atoms with Crippen molar-refractivity contribution in [1.82, 2.24) is 9.55 Å². The molecule has 0 saturated carbocycles. The van der Waals surface area contributed by atoms with Gasteiger partial charge in [-0.2, -0.15) is 10.6 Å². The molecule has 0 bridgehead atoms. The van der Waals surface area contributed by atoms with Crippen LogP contribution in [0.3, 0.4) is 0 Å². The van der Waals surface area contributed by atoms with E-state index in [1.165, 1.54) is 0 Å². The molecule has 2 aromatic heterocycles. The SMILES string of the molecule is CC(C)(C)[Si](C)(C)OCc1cc2cc(Cl)cnc2n1CCC1CS(O)(O)C1. The van der Waals surface area contributed by atoms with E-state index in [9.17, 15) is 9.11 Å². The number of pyridine rings is 1. The maximum Gasteiger partial charge on any atom is 0.192 e. The minimum atomic E-state index is -2.29. The van der Waals surface area contributed by atoms with Crippen molar-refractivity contribution in [3.05, 3.63) is 29.0 Å². The van der Waals surface area contributed by atoms with Crippen molar-refractivity contribution in [2.75, 3.05) is 11.5 Å². The highest BCUT2D eigenvalue weighted by molar-refractivity contribution is 8.25. The quantitative estimate of drug-likeness (QED) is 0.553. The van der Waals surface area contributed by atoms with Gasteiger partial charge in [-0.25, -0.2) is 4.98 Å². The zero-order valence-electron chi connectivity index (χ0n) is 16.8. The third-order valence-electron chi connectivity index (χ3n) is 5.94. The summed E-state index contributed by atoms with van der Waals surface area (Å²) in [6, 6.07) is 4.06. The van der Waals surface area contributed by atoms with Gasteiger partial charge in [0.1, 0.15) is 5.65 Å². The lowest BCUT2D eigenvalue weighted by Gasteiger charge is -2.47. The highest BCUT2D eigenvalue weighted by Crippen LogP contribution is 2.53. The van der Waals surface area contributed by atoms with Crippen LogP contribution in [0.2, 0.25) is 23.2 Å². The number of fused-ring (bicyclic) bond motifs is 1. The second-order valence-electron chi connectivity index (χ2n) is 9.19. The third-order valence-corrected chi connectivity index (χ3v) is 12.6. The Bertz CT molecular complexity index is 824. The first kappa shape index (κ1) is 21.1. The van der Waals surface area contributed by atoms with Gasteiger partial charge in [-0.05, 0) is 42.6 Å². The van der Waals surface area contributed by atoms with E-state index < -0.39 is 18.9 Å². The molecule has 1 saturated heterocycles. The standard InChI is InChI=1S/C19H31ClN2O3SSi/c1-19(2,3)27(4,5)25-11-17-9-15-8-16(20)10-21-18(15)22(17)7-6-14-12-26(23,24)13-14/h8-10,14,23-24H,6-7,11-13H2,1-5H3. The van der Waals surface area contributed by atoms with Gasteiger partial charge in [0.25, 0.3) is 0 Å². The van der Waals surface area contributed by atoms with Gasteiger partial charge in [0.05, 0.1) is 11.6 Å². The molecule has 152 valence electrons. The monoisotopic (exact) mass is 430 g/mol. The number of hydrogen-bond acceptors (Lipinski definition) is 4. The number of aryl methyl sites for hydroxylation is 1. The van der Waals surface area contributed by atoms with Crippen LogP contribution in [-0.4, -0.2) is 38.5 Å². The summed E-state index contributed by atoms with van der Waals surface area (Å²) < 4.78 is 27.9. The Hall–Kier alpha value is -0.573. The molecule has 3 rings (SSSR count). The Balaban J connectivity index is 1.80. The van der Waals surface area contributed by atoms with Gasteiger partial charge >= 0.3 is 0 Å². The van der Waals surface area contributed by atoms with E-state index in [0.29, 0.717) is 29.1 Å². The fourth-order valence-electron chi connectivity index (χ4n) is 3.20. The van der Waals surface area contributed by atoms with E-state index in [0.717, 1.165) is 29.7 Å². The van der Waals surface area contributed by atoms with Crippen LogP contribution in [0.5, 0.6) is 0 Å². The first-order valence-corrected chi connectivity index (χ1v) is 14.6. The van der Waals surface area contributed by atoms with Crippen molar-refractivity contribution < 1.29 is 13.5 Å². The Morgan fingerprint density at radius 3 is 2.56 bits per heavy atom. The van der Waals surface area contributed by atoms with Crippen molar-refractivity contribution in [3.63, 3.8) is 0 Å². The zero-order valence-corrected chi connectivity index (χ0v) is 19.4. The van der Waals surface area contributed by atoms with E-state index in [-0.39, 0.29) is 5.04 Å². The molecule has 3 heterocycles. The Kier molecular flexibility index (Phi) is 5.76. The van der Waals surface area contributed by atoms with Crippen molar-refractivity contribution >= 4 is 41.5 Å². The number of rotatable bonds is 6. The molecule has 8 heteroatoms. The third kappa shape index (κ3) is 4.71. The van der Waals surface area contributed by atoms with E-state index >= 15 is 0 Å². The Morgan fingerprint density at radius 2 is 1.96 bits per heavy atom. The largest absolute Gasteiger partial charge is 0.411 e. The van der Waals surface area contributed by atoms with Crippen LogP contribution in [-0.2, 0) is 17.6 Å². The molecule has 1 aliphatic rings. The minimum absolute atomic E-state index is 0.158. The summed E-state index contributed by atoms with van der Waals surface area (Å²) in [5, 5.41) is 1.81. The summed E-state index contributed by atoms with van der Waals surface area (Å²) in [7, 11) is -4.14. The molecular formula is C19H31ClN2O3SSi. The molecule has 1 fully saturated rings. The molecular weight excluding hydrogens is 400 g/mol. The Labute approximate surface area is 169 Å². The first-order valence-electron chi connectivity index (χ1n) is 9.39. The maximum atomic E-state index is 9.64. The molecule has 0 atom stereocenters. The van der Waals surface area contributed by atoms with Crippen LogP contribution in [0.1, 0.15) is 32.9 Å². The van der Waals surface area contributed by atoms with Crippen LogP contribution < -0.4 is 0 Å². The molecule has 27 heavy (non-hydrogen) atoms. The fourth-order valence-corrected chi connectivity index (χ4v) is 6.05. The molecule has 2 N–H and O–H groups in total. The fraction of sp³-hybridized carbons (Fsp3) is 0.632. The highest BCUT2D eigenvalue weighted by Gasteiger charge is 2.37. The molecule has 1 aliphatic heterocycles. The predicted octanol–water partition coefficient (Wildman–Crippen LogP) is 5.98. The molecule has 0 amide bonds. The summed E-state index contributed by atoms with van der Waals surface area (Å²) in [6.45, 7) is 12.6. The smallest absolute Gasteiger partial charge is 0.192 e. The molecule has 0 radical (unpaired) electrons. The Morgan fingerprint density at radius 1 is 1.30 bits per heavy atom. The van der Waals surface area contributed by atoms with Crippen LogP contribution in [0.25, 0.3) is 11.0 Å². The second-order valence-corrected chi connectivity index (χ2v) is 16.7. The average Bonchev–Trinajstić information content (AvgIpc) is 2.84. The molecule has 0 aromatic carbocycles. The van der Waals surface area contributed by atoms with Gasteiger partial charge in [0.2, 0.25) is 0 Å². The van der Waals surface area contributed by atoms with Gasteiger partial charge in [-0.3, -0.25) is 9.11 Å². The molecule has 2 aromatic rings. The van der Waals surface area contributed by atoms with Gasteiger partial charge in [0, 0.05) is 35.3 Å². The lowest BCUT2D eigenvalue weighted by Crippen LogP contribution is -2.40. The topological polar surface area (TPSA) is 67.5 Å². The molecule has 0 aliphatic carbocycles. The van der Waals surface area contributed by atoms with Gasteiger partial charge < -0.3 is 8.99 Å². The van der Waals surface area contributed by atoms with E-state index in [1.54, 1.807) is 6.20 Å². The summed E-state index contributed by atoms with van der Waals surface area (Å²) in [5.74, 6) is 1.43. The number of aromatic nitrogens is 2. The lowest BCUT2D eigenvalue weighted by molar-refractivity contribution is 0.266. The molecule has 0 spiro atoms. The van der Waals surface area contributed by atoms with Crippen LogP contribution >= 0.6 is 22.2 Å². The number of nitrogens with zero attached hydrogens (tertiary/aromatic N) is 2. The summed E-state index contributed by atoms with van der Waals surface area (Å²) in [6.07, 6.45) is 2.59. The number of hydrogen-bond donors (Lipinski definition) is 2. The normalized spacial score (nSPS) is 19.3. The van der Waals surface area contributed by atoms with E-state index in [4.69, 9.17) is 16.0 Å². The summed E-state index contributed by atoms with van der Waals surface area (Å²) in [4.78, 5) is 4.54. The van der Waals surface area contributed by atoms with Crippen LogP contribution in [0, 0.1) is 5.92 Å². The first-order chi connectivity index (χ1) is 12.4. The van der Waals surface area contributed by atoms with Crippen molar-refractivity contribution in [1.29, 1.82) is 0 Å². The van der Waals surface area contributed by atoms with Gasteiger partial charge in [0.15, 0.2) is 8.32 Å². The van der Waals surface area contributed by atoms with E-state index in [1.807, 2.05) is 6.07 Å². The van der Waals surface area contributed by atoms with Gasteiger partial charge in [-0.15, -0.1) is 0 Å². The lowest BCUT2D eigenvalue weighted by atomic mass is 10.1. The predicted molar refractivity (Wildman–Crippen MR) is 117 cm³/mol. The van der Waals surface area contributed by atoms with Crippen LogP contribution in [0.15, 0.2) is 18.3 Å². The maximum absolute atomic E-state index is 9.64. The number of halogens is 1. The van der Waals surface area contributed by atoms with E-state index in [2.05, 4.69) is 49.5 Å². The van der Waals surface area contributed by atoms with Crippen LogP contribution in [0.4, 0.5) is 0 Å². The van der Waals surface area contributed by atoms with Crippen molar-refractivity contribution in [2.24, 2.45) is 5.92 Å². The summed E-state index contributed by atoms with van der Waals surface area (Å²) >= 11 is 6.13. The van der Waals surface area contributed by atoms with Gasteiger partial charge in [-0.1, -0.05) is 32.4 Å². The summed E-state index contributed by atoms with van der Waals surface area (Å²) in [5.41, 5.74) is 2.02.